The molecule has 162 valence electrons. The predicted molar refractivity (Wildman–Crippen MR) is 119 cm³/mol. The highest BCUT2D eigenvalue weighted by molar-refractivity contribution is 6.36. The van der Waals surface area contributed by atoms with Crippen LogP contribution >= 0.6 is 0 Å². The molecule has 0 unspecified atom stereocenters. The van der Waals surface area contributed by atoms with Gasteiger partial charge >= 0.3 is 0 Å². The monoisotopic (exact) mass is 421 g/mol. The highest BCUT2D eigenvalue weighted by Crippen LogP contribution is 2.31. The van der Waals surface area contributed by atoms with Gasteiger partial charge in [-0.25, -0.2) is 0 Å². The Bertz CT molecular complexity index is 994. The second-order valence-electron chi connectivity index (χ2n) is 7.69. The highest BCUT2D eigenvalue weighted by atomic mass is 16.5. The number of amides is 2. The first-order valence-electron chi connectivity index (χ1n) is 10.5. The van der Waals surface area contributed by atoms with E-state index in [0.717, 1.165) is 24.2 Å². The molecule has 7 heteroatoms. The zero-order valence-corrected chi connectivity index (χ0v) is 17.9. The molecule has 2 aliphatic heterocycles. The van der Waals surface area contributed by atoms with E-state index >= 15 is 0 Å². The van der Waals surface area contributed by atoms with Crippen molar-refractivity contribution in [3.05, 3.63) is 65.4 Å². The van der Waals surface area contributed by atoms with Crippen LogP contribution < -0.4 is 10.1 Å². The summed E-state index contributed by atoms with van der Waals surface area (Å²) in [4.78, 5) is 30.2. The molecular weight excluding hydrogens is 394 g/mol. The van der Waals surface area contributed by atoms with Crippen LogP contribution in [0.2, 0.25) is 0 Å². The predicted octanol–water partition coefficient (Wildman–Crippen LogP) is 2.53. The van der Waals surface area contributed by atoms with Crippen molar-refractivity contribution >= 4 is 23.1 Å². The Hall–Kier alpha value is -3.16. The van der Waals surface area contributed by atoms with Crippen molar-refractivity contribution in [2.24, 2.45) is 0 Å². The summed E-state index contributed by atoms with van der Waals surface area (Å²) in [6.45, 7) is 5.94. The first-order chi connectivity index (χ1) is 15.1. The van der Waals surface area contributed by atoms with Gasteiger partial charge in [0, 0.05) is 37.9 Å². The number of anilines is 1. The summed E-state index contributed by atoms with van der Waals surface area (Å²) in [5.41, 5.74) is 3.20. The molecule has 0 bridgehead atoms. The van der Waals surface area contributed by atoms with Crippen LogP contribution in [0.5, 0.6) is 5.75 Å². The maximum absolute atomic E-state index is 13.3. The number of hydrogen-bond donors (Lipinski definition) is 1. The van der Waals surface area contributed by atoms with E-state index < -0.39 is 0 Å². The number of ether oxygens (including phenoxy) is 2. The van der Waals surface area contributed by atoms with Gasteiger partial charge in [0.05, 0.1) is 25.9 Å². The Balaban J connectivity index is 1.62. The number of methoxy groups -OCH3 is 1. The molecule has 2 aromatic carbocycles. The Morgan fingerprint density at radius 3 is 2.45 bits per heavy atom. The van der Waals surface area contributed by atoms with Crippen LogP contribution in [0.25, 0.3) is 5.57 Å². The number of carbonyl (C=O) groups excluding carboxylic acids is 2. The summed E-state index contributed by atoms with van der Waals surface area (Å²) in [5, 5.41) is 3.18. The second kappa shape index (κ2) is 9.32. The van der Waals surface area contributed by atoms with Crippen molar-refractivity contribution in [3.63, 3.8) is 0 Å². The summed E-state index contributed by atoms with van der Waals surface area (Å²) in [5.74, 6) is 0.0904. The smallest absolute Gasteiger partial charge is 0.278 e. The molecule has 2 aromatic rings. The highest BCUT2D eigenvalue weighted by Gasteiger charge is 2.39. The lowest BCUT2D eigenvalue weighted by Crippen LogP contribution is -2.43. The Morgan fingerprint density at radius 1 is 1.00 bits per heavy atom. The van der Waals surface area contributed by atoms with Crippen LogP contribution in [-0.4, -0.2) is 68.1 Å². The molecule has 0 saturated carbocycles. The third kappa shape index (κ3) is 4.62. The normalized spacial score (nSPS) is 17.4. The molecule has 31 heavy (non-hydrogen) atoms. The first kappa shape index (κ1) is 21.1. The maximum atomic E-state index is 13.3. The minimum atomic E-state index is -0.309. The number of nitrogens with zero attached hydrogens (tertiary/aromatic N) is 2. The largest absolute Gasteiger partial charge is 0.497 e. The van der Waals surface area contributed by atoms with Gasteiger partial charge in [0.1, 0.15) is 11.4 Å². The average Bonchev–Trinajstić information content (AvgIpc) is 3.03. The third-order valence-electron chi connectivity index (χ3n) is 5.59. The van der Waals surface area contributed by atoms with Crippen molar-refractivity contribution in [1.29, 1.82) is 0 Å². The Kier molecular flexibility index (Phi) is 6.34. The van der Waals surface area contributed by atoms with Crippen molar-refractivity contribution < 1.29 is 19.1 Å². The Labute approximate surface area is 182 Å². The molecule has 2 amide bonds. The fourth-order valence-electron chi connectivity index (χ4n) is 3.79. The van der Waals surface area contributed by atoms with Crippen LogP contribution in [0.1, 0.15) is 11.1 Å². The zero-order chi connectivity index (χ0) is 21.8. The molecule has 2 heterocycles. The average molecular weight is 421 g/mol. The van der Waals surface area contributed by atoms with Gasteiger partial charge < -0.3 is 14.8 Å². The topological polar surface area (TPSA) is 71.1 Å². The van der Waals surface area contributed by atoms with Gasteiger partial charge in [-0.05, 0) is 24.6 Å². The van der Waals surface area contributed by atoms with Crippen LogP contribution in [0.3, 0.4) is 0 Å². The van der Waals surface area contributed by atoms with Gasteiger partial charge in [0.2, 0.25) is 0 Å². The van der Waals surface area contributed by atoms with Crippen molar-refractivity contribution in [3.8, 4) is 5.75 Å². The van der Waals surface area contributed by atoms with E-state index in [1.165, 1.54) is 4.90 Å². The van der Waals surface area contributed by atoms with E-state index in [2.05, 4.69) is 10.2 Å². The lowest BCUT2D eigenvalue weighted by atomic mass is 10.0. The molecule has 2 aliphatic rings. The number of morpholine rings is 1. The molecule has 0 atom stereocenters. The summed E-state index contributed by atoms with van der Waals surface area (Å²) in [6.07, 6.45) is 0. The van der Waals surface area contributed by atoms with Crippen molar-refractivity contribution in [1.82, 2.24) is 9.80 Å². The fraction of sp³-hybridized carbons (Fsp3) is 0.333. The van der Waals surface area contributed by atoms with Crippen LogP contribution in [-0.2, 0) is 14.3 Å². The van der Waals surface area contributed by atoms with Gasteiger partial charge in [0.15, 0.2) is 0 Å². The molecular formula is C24H27N3O4. The zero-order valence-electron chi connectivity index (χ0n) is 17.9. The minimum absolute atomic E-state index is 0.271. The molecule has 0 radical (unpaired) electrons. The number of rotatable bonds is 7. The number of aryl methyl sites for hydroxylation is 1. The number of carbonyl (C=O) groups is 2. The fourth-order valence-corrected chi connectivity index (χ4v) is 3.79. The first-order valence-corrected chi connectivity index (χ1v) is 10.5. The molecule has 1 N–H and O–H groups in total. The molecule has 4 rings (SSSR count). The van der Waals surface area contributed by atoms with E-state index in [-0.39, 0.29) is 11.8 Å². The van der Waals surface area contributed by atoms with Crippen LogP contribution in [0.4, 0.5) is 5.69 Å². The van der Waals surface area contributed by atoms with E-state index in [0.29, 0.717) is 49.0 Å². The van der Waals surface area contributed by atoms with E-state index in [1.807, 2.05) is 49.4 Å². The SMILES string of the molecule is COc1cccc(NC2=C(c3ccc(C)cc3)C(=O)N(CCN3CCOCC3)C2=O)c1. The quantitative estimate of drug-likeness (QED) is 0.693. The van der Waals surface area contributed by atoms with Gasteiger partial charge in [-0.2, -0.15) is 0 Å². The number of benzene rings is 2. The van der Waals surface area contributed by atoms with Gasteiger partial charge in [-0.3, -0.25) is 19.4 Å². The number of imide groups is 1. The maximum Gasteiger partial charge on any atom is 0.278 e. The van der Waals surface area contributed by atoms with E-state index in [9.17, 15) is 9.59 Å². The molecule has 7 nitrogen and oxygen atoms in total. The minimum Gasteiger partial charge on any atom is -0.497 e. The van der Waals surface area contributed by atoms with Crippen molar-refractivity contribution in [2.45, 2.75) is 6.92 Å². The molecule has 0 spiro atoms. The van der Waals surface area contributed by atoms with Crippen LogP contribution in [0.15, 0.2) is 54.2 Å². The van der Waals surface area contributed by atoms with Gasteiger partial charge in [-0.15, -0.1) is 0 Å². The second-order valence-corrected chi connectivity index (χ2v) is 7.69. The molecule has 0 aromatic heterocycles. The van der Waals surface area contributed by atoms with Gasteiger partial charge in [0.25, 0.3) is 11.8 Å². The lowest BCUT2D eigenvalue weighted by Gasteiger charge is -2.28. The molecule has 1 saturated heterocycles. The summed E-state index contributed by atoms with van der Waals surface area (Å²) in [6, 6.07) is 15.0. The van der Waals surface area contributed by atoms with Crippen LogP contribution in [0, 0.1) is 6.92 Å². The van der Waals surface area contributed by atoms with E-state index in [1.54, 1.807) is 13.2 Å². The summed E-state index contributed by atoms with van der Waals surface area (Å²) in [7, 11) is 1.59. The summed E-state index contributed by atoms with van der Waals surface area (Å²) < 4.78 is 10.7. The molecule has 0 aliphatic carbocycles. The standard InChI is InChI=1S/C24H27N3O4/c1-17-6-8-18(9-7-17)21-22(25-19-4-3-5-20(16-19)30-2)24(29)27(23(21)28)11-10-26-12-14-31-15-13-26/h3-9,16,25H,10-15H2,1-2H3. The number of hydrogen-bond acceptors (Lipinski definition) is 6. The summed E-state index contributed by atoms with van der Waals surface area (Å²) >= 11 is 0. The Morgan fingerprint density at radius 2 is 1.74 bits per heavy atom. The van der Waals surface area contributed by atoms with Gasteiger partial charge in [-0.1, -0.05) is 35.9 Å². The third-order valence-corrected chi connectivity index (χ3v) is 5.59. The lowest BCUT2D eigenvalue weighted by molar-refractivity contribution is -0.137. The van der Waals surface area contributed by atoms with Crippen molar-refractivity contribution in [2.75, 3.05) is 51.8 Å². The number of nitrogens with one attached hydrogen (secondary N) is 1. The van der Waals surface area contributed by atoms with E-state index in [4.69, 9.17) is 9.47 Å². The molecule has 1 fully saturated rings.